The molecule has 1 aliphatic rings. The van der Waals surface area contributed by atoms with Crippen molar-refractivity contribution in [3.8, 4) is 0 Å². The molecule has 3 rings (SSSR count). The number of carbonyl (C=O) groups is 2. The number of hydrogen-bond donors (Lipinski definition) is 1. The molecule has 1 fully saturated rings. The smallest absolute Gasteiger partial charge is 0.339 e. The van der Waals surface area contributed by atoms with Gasteiger partial charge in [0.05, 0.1) is 17.9 Å². The molecule has 1 saturated heterocycles. The molecule has 2 aromatic rings. The van der Waals surface area contributed by atoms with Crippen LogP contribution < -0.4 is 0 Å². The van der Waals surface area contributed by atoms with E-state index < -0.39 is 5.97 Å². The lowest BCUT2D eigenvalue weighted by atomic mass is 9.93. The van der Waals surface area contributed by atoms with Gasteiger partial charge in [-0.1, -0.05) is 25.9 Å². The Morgan fingerprint density at radius 2 is 1.92 bits per heavy atom. The van der Waals surface area contributed by atoms with Crippen LogP contribution in [0.25, 0.3) is 0 Å². The molecule has 0 aliphatic carbocycles. The van der Waals surface area contributed by atoms with Gasteiger partial charge in [-0.05, 0) is 19.8 Å². The summed E-state index contributed by atoms with van der Waals surface area (Å²) in [5.74, 6) is -0.419. The molecule has 0 spiro atoms. The molecule has 0 unspecified atom stereocenters. The Balaban J connectivity index is 1.66. The molecule has 0 atom stereocenters. The highest BCUT2D eigenvalue weighted by Gasteiger charge is 2.29. The number of nitrogens with zero attached hydrogens (tertiary/aromatic N) is 4. The molecule has 0 aromatic carbocycles. The molecule has 1 amide bonds. The highest BCUT2D eigenvalue weighted by Crippen LogP contribution is 2.27. The number of hydrogen-bond acceptors (Lipinski definition) is 5. The lowest BCUT2D eigenvalue weighted by Gasteiger charge is -2.32. The van der Waals surface area contributed by atoms with Crippen LogP contribution in [0.3, 0.4) is 0 Å². The molecule has 3 heterocycles. The summed E-state index contributed by atoms with van der Waals surface area (Å²) in [6.07, 6.45) is 2.83. The van der Waals surface area contributed by atoms with E-state index in [1.807, 2.05) is 20.8 Å². The van der Waals surface area contributed by atoms with Crippen LogP contribution in [0.5, 0.6) is 0 Å². The number of rotatable bonds is 3. The van der Waals surface area contributed by atoms with Crippen molar-refractivity contribution in [3.05, 3.63) is 35.0 Å². The van der Waals surface area contributed by atoms with Gasteiger partial charge in [-0.3, -0.25) is 9.48 Å². The fourth-order valence-electron chi connectivity index (χ4n) is 3.21. The van der Waals surface area contributed by atoms with E-state index in [2.05, 4.69) is 10.3 Å². The lowest BCUT2D eigenvalue weighted by Crippen LogP contribution is -2.39. The topological polar surface area (TPSA) is 101 Å². The first-order valence-electron chi connectivity index (χ1n) is 8.72. The summed E-state index contributed by atoms with van der Waals surface area (Å²) in [7, 11) is 0. The van der Waals surface area contributed by atoms with Gasteiger partial charge in [0.15, 0.2) is 5.69 Å². The molecule has 8 nitrogen and oxygen atoms in total. The number of aromatic nitrogens is 3. The van der Waals surface area contributed by atoms with Crippen molar-refractivity contribution >= 4 is 11.9 Å². The fourth-order valence-corrected chi connectivity index (χ4v) is 3.21. The predicted octanol–water partition coefficient (Wildman–Crippen LogP) is 2.65. The third kappa shape index (κ3) is 3.36. The van der Waals surface area contributed by atoms with Gasteiger partial charge in [0.2, 0.25) is 0 Å². The maximum absolute atomic E-state index is 12.6. The summed E-state index contributed by atoms with van der Waals surface area (Å²) >= 11 is 0. The third-order valence-electron chi connectivity index (χ3n) is 4.84. The summed E-state index contributed by atoms with van der Waals surface area (Å²) in [5, 5.41) is 17.3. The van der Waals surface area contributed by atoms with Crippen LogP contribution in [0, 0.1) is 6.92 Å². The van der Waals surface area contributed by atoms with Gasteiger partial charge in [0, 0.05) is 24.6 Å². The van der Waals surface area contributed by atoms with Crippen LogP contribution in [0.2, 0.25) is 0 Å². The molecular formula is C18H24N4O4. The zero-order chi connectivity index (χ0) is 19.1. The number of carboxylic acid groups (broad SMARTS) is 1. The molecule has 26 heavy (non-hydrogen) atoms. The number of carboxylic acids is 1. The van der Waals surface area contributed by atoms with E-state index in [0.717, 1.165) is 12.8 Å². The molecule has 0 bridgehead atoms. The largest absolute Gasteiger partial charge is 0.478 e. The molecule has 2 aromatic heterocycles. The summed E-state index contributed by atoms with van der Waals surface area (Å²) < 4.78 is 7.07. The monoisotopic (exact) mass is 360 g/mol. The number of amides is 1. The van der Waals surface area contributed by atoms with Crippen molar-refractivity contribution in [3.63, 3.8) is 0 Å². The first-order valence-corrected chi connectivity index (χ1v) is 8.72. The summed E-state index contributed by atoms with van der Waals surface area (Å²) in [4.78, 5) is 25.6. The van der Waals surface area contributed by atoms with Gasteiger partial charge >= 0.3 is 5.97 Å². The minimum absolute atomic E-state index is 0.0922. The van der Waals surface area contributed by atoms with Crippen LogP contribution in [-0.2, 0) is 5.41 Å². The van der Waals surface area contributed by atoms with Crippen molar-refractivity contribution in [2.75, 3.05) is 13.1 Å². The number of likely N-dealkylation sites (tertiary alicyclic amines) is 1. The normalized spacial score (nSPS) is 16.1. The molecule has 1 N–H and O–H groups in total. The first kappa shape index (κ1) is 18.2. The minimum Gasteiger partial charge on any atom is -0.478 e. The summed E-state index contributed by atoms with van der Waals surface area (Å²) in [6, 6.07) is 1.81. The van der Waals surface area contributed by atoms with Gasteiger partial charge in [-0.25, -0.2) is 4.79 Å². The predicted molar refractivity (Wildman–Crippen MR) is 93.3 cm³/mol. The van der Waals surface area contributed by atoms with Crippen LogP contribution in [0.1, 0.15) is 72.0 Å². The molecule has 0 saturated carbocycles. The van der Waals surface area contributed by atoms with Crippen LogP contribution in [-0.4, -0.2) is 49.9 Å². The molecule has 0 radical (unpaired) electrons. The maximum atomic E-state index is 12.6. The van der Waals surface area contributed by atoms with Crippen molar-refractivity contribution in [1.29, 1.82) is 0 Å². The van der Waals surface area contributed by atoms with Gasteiger partial charge in [0.25, 0.3) is 5.91 Å². The van der Waals surface area contributed by atoms with Gasteiger partial charge in [-0.2, -0.15) is 5.10 Å². The van der Waals surface area contributed by atoms with E-state index in [9.17, 15) is 9.59 Å². The van der Waals surface area contributed by atoms with Crippen LogP contribution in [0.4, 0.5) is 0 Å². The van der Waals surface area contributed by atoms with Gasteiger partial charge < -0.3 is 14.5 Å². The van der Waals surface area contributed by atoms with E-state index in [1.165, 1.54) is 6.20 Å². The molecular weight excluding hydrogens is 336 g/mol. The number of carbonyl (C=O) groups excluding carboxylic acids is 1. The fraction of sp³-hybridized carbons (Fsp3) is 0.556. The zero-order valence-corrected chi connectivity index (χ0v) is 15.5. The molecule has 140 valence electrons. The van der Waals surface area contributed by atoms with Crippen molar-refractivity contribution < 1.29 is 19.2 Å². The van der Waals surface area contributed by atoms with Crippen molar-refractivity contribution in [2.45, 2.75) is 52.0 Å². The first-order chi connectivity index (χ1) is 12.2. The average Bonchev–Trinajstić information content (AvgIpc) is 3.21. The van der Waals surface area contributed by atoms with E-state index in [0.29, 0.717) is 30.2 Å². The van der Waals surface area contributed by atoms with E-state index in [4.69, 9.17) is 9.63 Å². The Kier molecular flexibility index (Phi) is 4.60. The Bertz CT molecular complexity index is 823. The standard InChI is InChI=1S/C18H24N4O4/c1-11-13(17(24)25)10-19-22(11)12-5-7-21(8-6-12)16(23)14-9-15(26-20-14)18(2,3)4/h9-10,12H,5-8H2,1-4H3,(H,24,25). The number of piperidine rings is 1. The van der Waals surface area contributed by atoms with Gasteiger partial charge in [-0.15, -0.1) is 0 Å². The quantitative estimate of drug-likeness (QED) is 0.903. The van der Waals surface area contributed by atoms with E-state index >= 15 is 0 Å². The van der Waals surface area contributed by atoms with Crippen LogP contribution >= 0.6 is 0 Å². The van der Waals surface area contributed by atoms with Crippen LogP contribution in [0.15, 0.2) is 16.8 Å². The second kappa shape index (κ2) is 6.59. The second-order valence-electron chi connectivity index (χ2n) is 7.74. The Hall–Kier alpha value is -2.64. The minimum atomic E-state index is -0.970. The van der Waals surface area contributed by atoms with Gasteiger partial charge in [0.1, 0.15) is 11.3 Å². The average molecular weight is 360 g/mol. The van der Waals surface area contributed by atoms with E-state index in [-0.39, 0.29) is 22.9 Å². The van der Waals surface area contributed by atoms with Crippen molar-refractivity contribution in [2.24, 2.45) is 0 Å². The second-order valence-corrected chi connectivity index (χ2v) is 7.74. The Labute approximate surface area is 151 Å². The highest BCUT2D eigenvalue weighted by atomic mass is 16.5. The summed E-state index contributed by atoms with van der Waals surface area (Å²) in [5.41, 5.74) is 1.00. The lowest BCUT2D eigenvalue weighted by molar-refractivity contribution is 0.0678. The zero-order valence-electron chi connectivity index (χ0n) is 15.5. The summed E-state index contributed by atoms with van der Waals surface area (Å²) in [6.45, 7) is 8.92. The molecule has 1 aliphatic heterocycles. The Morgan fingerprint density at radius 3 is 2.42 bits per heavy atom. The molecule has 8 heteroatoms. The maximum Gasteiger partial charge on any atom is 0.339 e. The number of aromatic carboxylic acids is 1. The SMILES string of the molecule is Cc1c(C(=O)O)cnn1C1CCN(C(=O)c2cc(C(C)(C)C)on2)CC1. The van der Waals surface area contributed by atoms with Crippen molar-refractivity contribution in [1.82, 2.24) is 19.8 Å². The highest BCUT2D eigenvalue weighted by molar-refractivity contribution is 5.92. The van der Waals surface area contributed by atoms with E-state index in [1.54, 1.807) is 22.6 Å². The third-order valence-corrected chi connectivity index (χ3v) is 4.84. The Morgan fingerprint density at radius 1 is 1.27 bits per heavy atom.